The fourth-order valence-corrected chi connectivity index (χ4v) is 3.58. The average molecular weight is 329 g/mol. The number of fused-ring (bicyclic) bond motifs is 2. The van der Waals surface area contributed by atoms with Crippen LogP contribution in [0, 0.1) is 0 Å². The summed E-state index contributed by atoms with van der Waals surface area (Å²) in [6.45, 7) is 1.77. The second-order valence-electron chi connectivity index (χ2n) is 6.20. The zero-order chi connectivity index (χ0) is 14.9. The van der Waals surface area contributed by atoms with Crippen LogP contribution in [-0.4, -0.2) is 5.91 Å². The van der Waals surface area contributed by atoms with Crippen LogP contribution in [0.4, 0.5) is 0 Å². The van der Waals surface area contributed by atoms with Crippen molar-refractivity contribution in [1.82, 2.24) is 10.6 Å². The number of hydrogen-bond donors (Lipinski definition) is 2. The maximum absolute atomic E-state index is 12.6. The van der Waals surface area contributed by atoms with Crippen LogP contribution in [0.15, 0.2) is 42.5 Å². The van der Waals surface area contributed by atoms with Gasteiger partial charge in [-0.2, -0.15) is 0 Å². The molecule has 1 aliphatic heterocycles. The SMILES string of the molecule is Cl.O=C(NC1CCCc2ccccc21)c1ccc2c(c1)CNC2. The molecule has 4 heteroatoms. The maximum atomic E-state index is 12.6. The van der Waals surface area contributed by atoms with Gasteiger partial charge in [-0.05, 0) is 53.6 Å². The third kappa shape index (κ3) is 3.12. The number of aryl methyl sites for hydroxylation is 1. The standard InChI is InChI=1S/C19H20N2O.ClH/c22-19(14-8-9-15-11-20-12-16(15)10-14)21-18-7-3-5-13-4-1-2-6-17(13)18;/h1-2,4,6,8-10,18,20H,3,5,7,11-12H2,(H,21,22);1H. The van der Waals surface area contributed by atoms with E-state index in [1.807, 2.05) is 12.1 Å². The van der Waals surface area contributed by atoms with Crippen molar-refractivity contribution in [3.8, 4) is 0 Å². The highest BCUT2D eigenvalue weighted by atomic mass is 35.5. The topological polar surface area (TPSA) is 41.1 Å². The minimum Gasteiger partial charge on any atom is -0.345 e. The summed E-state index contributed by atoms with van der Waals surface area (Å²) in [5.74, 6) is 0.0383. The predicted octanol–water partition coefficient (Wildman–Crippen LogP) is 3.52. The van der Waals surface area contributed by atoms with E-state index >= 15 is 0 Å². The van der Waals surface area contributed by atoms with E-state index in [1.165, 1.54) is 22.3 Å². The molecule has 0 spiro atoms. The van der Waals surface area contributed by atoms with Gasteiger partial charge in [0.25, 0.3) is 5.91 Å². The zero-order valence-electron chi connectivity index (χ0n) is 13.0. The second-order valence-corrected chi connectivity index (χ2v) is 6.20. The molecule has 4 rings (SSSR count). The van der Waals surface area contributed by atoms with E-state index in [-0.39, 0.29) is 24.4 Å². The van der Waals surface area contributed by atoms with E-state index in [0.717, 1.165) is 37.9 Å². The normalized spacial score (nSPS) is 18.5. The molecule has 1 heterocycles. The molecular formula is C19H21ClN2O. The van der Waals surface area contributed by atoms with Crippen LogP contribution < -0.4 is 10.6 Å². The molecule has 0 saturated heterocycles. The monoisotopic (exact) mass is 328 g/mol. The minimum absolute atomic E-state index is 0. The third-order valence-electron chi connectivity index (χ3n) is 4.77. The number of benzene rings is 2. The van der Waals surface area contributed by atoms with Crippen LogP contribution in [0.2, 0.25) is 0 Å². The van der Waals surface area contributed by atoms with Gasteiger partial charge >= 0.3 is 0 Å². The molecule has 0 fully saturated rings. The number of carbonyl (C=O) groups excluding carboxylic acids is 1. The molecule has 1 amide bonds. The molecule has 1 atom stereocenters. The van der Waals surface area contributed by atoms with E-state index < -0.39 is 0 Å². The van der Waals surface area contributed by atoms with E-state index in [9.17, 15) is 4.79 Å². The van der Waals surface area contributed by atoms with E-state index in [0.29, 0.717) is 0 Å². The van der Waals surface area contributed by atoms with Crippen LogP contribution >= 0.6 is 12.4 Å². The maximum Gasteiger partial charge on any atom is 0.251 e. The lowest BCUT2D eigenvalue weighted by Crippen LogP contribution is -2.31. The minimum atomic E-state index is 0. The summed E-state index contributed by atoms with van der Waals surface area (Å²) < 4.78 is 0. The van der Waals surface area contributed by atoms with E-state index in [1.54, 1.807) is 0 Å². The van der Waals surface area contributed by atoms with Gasteiger partial charge in [-0.3, -0.25) is 4.79 Å². The van der Waals surface area contributed by atoms with Crippen LogP contribution in [0.25, 0.3) is 0 Å². The first kappa shape index (κ1) is 16.0. The van der Waals surface area contributed by atoms with Crippen molar-refractivity contribution >= 4 is 18.3 Å². The number of nitrogens with one attached hydrogen (secondary N) is 2. The van der Waals surface area contributed by atoms with Gasteiger partial charge in [-0.1, -0.05) is 30.3 Å². The summed E-state index contributed by atoms with van der Waals surface area (Å²) in [5, 5.41) is 6.54. The van der Waals surface area contributed by atoms with Gasteiger partial charge in [0.05, 0.1) is 6.04 Å². The predicted molar refractivity (Wildman–Crippen MR) is 93.8 cm³/mol. The second kappa shape index (κ2) is 6.73. The summed E-state index contributed by atoms with van der Waals surface area (Å²) >= 11 is 0. The first-order chi connectivity index (χ1) is 10.8. The zero-order valence-corrected chi connectivity index (χ0v) is 13.8. The van der Waals surface area contributed by atoms with Crippen LogP contribution in [0.5, 0.6) is 0 Å². The average Bonchev–Trinajstić information content (AvgIpc) is 3.02. The number of amides is 1. The first-order valence-electron chi connectivity index (χ1n) is 8.02. The Hall–Kier alpha value is -1.84. The van der Waals surface area contributed by atoms with E-state index in [4.69, 9.17) is 0 Å². The third-order valence-corrected chi connectivity index (χ3v) is 4.77. The Labute approximate surface area is 142 Å². The lowest BCUT2D eigenvalue weighted by atomic mass is 9.87. The van der Waals surface area contributed by atoms with Crippen molar-refractivity contribution in [3.05, 3.63) is 70.3 Å². The molecule has 1 unspecified atom stereocenters. The highest BCUT2D eigenvalue weighted by molar-refractivity contribution is 5.94. The number of carbonyl (C=O) groups is 1. The summed E-state index contributed by atoms with van der Waals surface area (Å²) in [6, 6.07) is 14.6. The Bertz CT molecular complexity index is 729. The molecule has 23 heavy (non-hydrogen) atoms. The van der Waals surface area contributed by atoms with Crippen molar-refractivity contribution in [3.63, 3.8) is 0 Å². The molecule has 0 radical (unpaired) electrons. The molecule has 0 saturated carbocycles. The van der Waals surface area contributed by atoms with Gasteiger partial charge in [-0.25, -0.2) is 0 Å². The highest BCUT2D eigenvalue weighted by Crippen LogP contribution is 2.29. The molecule has 120 valence electrons. The van der Waals surface area contributed by atoms with Gasteiger partial charge in [0, 0.05) is 18.7 Å². The molecule has 0 aromatic heterocycles. The van der Waals surface area contributed by atoms with E-state index in [2.05, 4.69) is 41.0 Å². The van der Waals surface area contributed by atoms with Gasteiger partial charge in [-0.15, -0.1) is 12.4 Å². The molecule has 2 aromatic carbocycles. The summed E-state index contributed by atoms with van der Waals surface area (Å²) in [5.41, 5.74) is 5.98. The Morgan fingerprint density at radius 3 is 2.78 bits per heavy atom. The Balaban J connectivity index is 0.00000156. The van der Waals surface area contributed by atoms with Crippen LogP contribution in [0.1, 0.15) is 51.5 Å². The van der Waals surface area contributed by atoms with Gasteiger partial charge in [0.15, 0.2) is 0 Å². The van der Waals surface area contributed by atoms with Gasteiger partial charge in [0.1, 0.15) is 0 Å². The van der Waals surface area contributed by atoms with Gasteiger partial charge < -0.3 is 10.6 Å². The molecule has 0 bridgehead atoms. The highest BCUT2D eigenvalue weighted by Gasteiger charge is 2.22. The molecule has 2 aromatic rings. The Kier molecular flexibility index (Phi) is 4.69. The fourth-order valence-electron chi connectivity index (χ4n) is 3.58. The lowest BCUT2D eigenvalue weighted by molar-refractivity contribution is 0.0932. The quantitative estimate of drug-likeness (QED) is 0.885. The first-order valence-corrected chi connectivity index (χ1v) is 8.02. The smallest absolute Gasteiger partial charge is 0.251 e. The largest absolute Gasteiger partial charge is 0.345 e. The fraction of sp³-hybridized carbons (Fsp3) is 0.316. The lowest BCUT2D eigenvalue weighted by Gasteiger charge is -2.26. The number of halogens is 1. The Morgan fingerprint density at radius 2 is 1.87 bits per heavy atom. The molecule has 1 aliphatic carbocycles. The van der Waals surface area contributed by atoms with Crippen molar-refractivity contribution in [2.75, 3.05) is 0 Å². The van der Waals surface area contributed by atoms with Crippen LogP contribution in [-0.2, 0) is 19.5 Å². The van der Waals surface area contributed by atoms with Crippen molar-refractivity contribution < 1.29 is 4.79 Å². The Morgan fingerprint density at radius 1 is 1.04 bits per heavy atom. The number of rotatable bonds is 2. The summed E-state index contributed by atoms with van der Waals surface area (Å²) in [4.78, 5) is 12.6. The molecular weight excluding hydrogens is 308 g/mol. The molecule has 3 nitrogen and oxygen atoms in total. The molecule has 2 aliphatic rings. The molecule has 2 N–H and O–H groups in total. The van der Waals surface area contributed by atoms with Crippen molar-refractivity contribution in [2.24, 2.45) is 0 Å². The van der Waals surface area contributed by atoms with Crippen molar-refractivity contribution in [2.45, 2.75) is 38.4 Å². The van der Waals surface area contributed by atoms with Gasteiger partial charge in [0.2, 0.25) is 0 Å². The number of hydrogen-bond acceptors (Lipinski definition) is 2. The summed E-state index contributed by atoms with van der Waals surface area (Å²) in [7, 11) is 0. The van der Waals surface area contributed by atoms with Crippen LogP contribution in [0.3, 0.4) is 0 Å². The summed E-state index contributed by atoms with van der Waals surface area (Å²) in [6.07, 6.45) is 3.28. The van der Waals surface area contributed by atoms with Crippen molar-refractivity contribution in [1.29, 1.82) is 0 Å².